The Labute approximate surface area is 133 Å². The van der Waals surface area contributed by atoms with Gasteiger partial charge in [0.15, 0.2) is 0 Å². The Bertz CT molecular complexity index is 594. The van der Waals surface area contributed by atoms with Gasteiger partial charge >= 0.3 is 0 Å². The molecule has 0 radical (unpaired) electrons. The van der Waals surface area contributed by atoms with Gasteiger partial charge in [-0.2, -0.15) is 0 Å². The van der Waals surface area contributed by atoms with Crippen LogP contribution in [-0.2, 0) is 9.59 Å². The van der Waals surface area contributed by atoms with Crippen LogP contribution in [0.2, 0.25) is 0 Å². The van der Waals surface area contributed by atoms with E-state index in [2.05, 4.69) is 21.2 Å². The van der Waals surface area contributed by atoms with E-state index in [1.807, 2.05) is 25.1 Å². The second-order valence-corrected chi connectivity index (χ2v) is 6.83. The molecule has 3 rings (SSSR count). The zero-order valence-electron chi connectivity index (χ0n) is 12.1. The van der Waals surface area contributed by atoms with E-state index in [1.165, 1.54) is 0 Å². The van der Waals surface area contributed by atoms with Crippen molar-refractivity contribution in [1.82, 2.24) is 5.32 Å². The quantitative estimate of drug-likeness (QED) is 0.846. The van der Waals surface area contributed by atoms with Crippen LogP contribution in [0.5, 0.6) is 0 Å². The lowest BCUT2D eigenvalue weighted by atomic mass is 9.95. The predicted octanol–water partition coefficient (Wildman–Crippen LogP) is 2.92. The summed E-state index contributed by atoms with van der Waals surface area (Å²) in [4.78, 5) is 26.8. The van der Waals surface area contributed by atoms with Crippen molar-refractivity contribution in [3.63, 3.8) is 0 Å². The minimum absolute atomic E-state index is 0.0124. The molecular formula is C16H19BrN2O2. The van der Waals surface area contributed by atoms with Crippen molar-refractivity contribution < 1.29 is 9.59 Å². The molecule has 21 heavy (non-hydrogen) atoms. The highest BCUT2D eigenvalue weighted by Gasteiger charge is 2.46. The molecular weight excluding hydrogens is 332 g/mol. The first-order valence-electron chi connectivity index (χ1n) is 7.41. The van der Waals surface area contributed by atoms with Gasteiger partial charge in [-0.3, -0.25) is 9.59 Å². The molecule has 1 aromatic rings. The fourth-order valence-corrected chi connectivity index (χ4v) is 3.56. The SMILES string of the molecule is Cc1cc(N2CCC(=O)NC3(CCCC3)C2=O)ccc1Br. The predicted molar refractivity (Wildman–Crippen MR) is 85.2 cm³/mol. The lowest BCUT2D eigenvalue weighted by Crippen LogP contribution is -2.55. The van der Waals surface area contributed by atoms with Crippen molar-refractivity contribution in [2.45, 2.75) is 44.6 Å². The molecule has 1 spiro atoms. The molecule has 1 aromatic carbocycles. The Kier molecular flexibility index (Phi) is 3.78. The van der Waals surface area contributed by atoms with E-state index in [9.17, 15) is 9.59 Å². The minimum Gasteiger partial charge on any atom is -0.342 e. The summed E-state index contributed by atoms with van der Waals surface area (Å²) in [6.07, 6.45) is 3.87. The Morgan fingerprint density at radius 1 is 1.24 bits per heavy atom. The second kappa shape index (κ2) is 5.44. The summed E-state index contributed by atoms with van der Waals surface area (Å²) in [5.41, 5.74) is 1.29. The number of rotatable bonds is 1. The van der Waals surface area contributed by atoms with Crippen LogP contribution in [0.25, 0.3) is 0 Å². The third kappa shape index (κ3) is 2.59. The maximum atomic E-state index is 13.0. The van der Waals surface area contributed by atoms with Crippen LogP contribution < -0.4 is 10.2 Å². The molecule has 0 aromatic heterocycles. The Balaban J connectivity index is 1.98. The van der Waals surface area contributed by atoms with Crippen LogP contribution in [0.4, 0.5) is 5.69 Å². The lowest BCUT2D eigenvalue weighted by molar-refractivity contribution is -0.129. The highest BCUT2D eigenvalue weighted by Crippen LogP contribution is 2.35. The number of hydrogen-bond donors (Lipinski definition) is 1. The van der Waals surface area contributed by atoms with E-state index in [1.54, 1.807) is 4.90 Å². The summed E-state index contributed by atoms with van der Waals surface area (Å²) in [6.45, 7) is 2.46. The fourth-order valence-electron chi connectivity index (χ4n) is 3.32. The molecule has 1 saturated heterocycles. The molecule has 2 fully saturated rings. The fraction of sp³-hybridized carbons (Fsp3) is 0.500. The molecule has 1 saturated carbocycles. The second-order valence-electron chi connectivity index (χ2n) is 5.98. The summed E-state index contributed by atoms with van der Waals surface area (Å²) in [5.74, 6) is 0.0363. The summed E-state index contributed by atoms with van der Waals surface area (Å²) in [7, 11) is 0. The average Bonchev–Trinajstić information content (AvgIpc) is 2.87. The Hall–Kier alpha value is -1.36. The first-order valence-corrected chi connectivity index (χ1v) is 8.20. The van der Waals surface area contributed by atoms with Gasteiger partial charge in [0.1, 0.15) is 5.54 Å². The van der Waals surface area contributed by atoms with E-state index in [0.29, 0.717) is 13.0 Å². The van der Waals surface area contributed by atoms with E-state index >= 15 is 0 Å². The molecule has 0 bridgehead atoms. The largest absolute Gasteiger partial charge is 0.342 e. The molecule has 2 aliphatic rings. The highest BCUT2D eigenvalue weighted by molar-refractivity contribution is 9.10. The highest BCUT2D eigenvalue weighted by atomic mass is 79.9. The molecule has 5 heteroatoms. The van der Waals surface area contributed by atoms with E-state index < -0.39 is 5.54 Å². The standard InChI is InChI=1S/C16H19BrN2O2/c1-11-10-12(4-5-13(11)17)19-9-6-14(20)18-16(15(19)21)7-2-3-8-16/h4-5,10H,2-3,6-9H2,1H3,(H,18,20). The van der Waals surface area contributed by atoms with Gasteiger partial charge in [-0.15, -0.1) is 0 Å². The van der Waals surface area contributed by atoms with Gasteiger partial charge in [0.25, 0.3) is 5.91 Å². The zero-order chi connectivity index (χ0) is 15.0. The normalized spacial score (nSPS) is 21.5. The van der Waals surface area contributed by atoms with Crippen LogP contribution in [-0.4, -0.2) is 23.9 Å². The van der Waals surface area contributed by atoms with Crippen LogP contribution >= 0.6 is 15.9 Å². The van der Waals surface area contributed by atoms with Crippen molar-refractivity contribution in [1.29, 1.82) is 0 Å². The number of carbonyl (C=O) groups excluding carboxylic acids is 2. The van der Waals surface area contributed by atoms with Gasteiger partial charge in [-0.25, -0.2) is 0 Å². The van der Waals surface area contributed by atoms with Gasteiger partial charge in [-0.1, -0.05) is 28.8 Å². The van der Waals surface area contributed by atoms with Crippen LogP contribution in [0.15, 0.2) is 22.7 Å². The smallest absolute Gasteiger partial charge is 0.252 e. The third-order valence-electron chi connectivity index (χ3n) is 4.51. The lowest BCUT2D eigenvalue weighted by Gasteiger charge is -2.32. The maximum Gasteiger partial charge on any atom is 0.252 e. The summed E-state index contributed by atoms with van der Waals surface area (Å²) in [6, 6.07) is 5.90. The topological polar surface area (TPSA) is 49.4 Å². The third-order valence-corrected chi connectivity index (χ3v) is 5.40. The molecule has 0 atom stereocenters. The van der Waals surface area contributed by atoms with Gasteiger partial charge in [-0.05, 0) is 43.5 Å². The van der Waals surface area contributed by atoms with Crippen molar-refractivity contribution in [2.24, 2.45) is 0 Å². The van der Waals surface area contributed by atoms with Gasteiger partial charge in [0.05, 0.1) is 0 Å². The molecule has 1 aliphatic carbocycles. The van der Waals surface area contributed by atoms with Crippen LogP contribution in [0, 0.1) is 6.92 Å². The number of nitrogens with one attached hydrogen (secondary N) is 1. The van der Waals surface area contributed by atoms with E-state index in [-0.39, 0.29) is 11.8 Å². The number of anilines is 1. The van der Waals surface area contributed by atoms with Gasteiger partial charge < -0.3 is 10.2 Å². The molecule has 1 N–H and O–H groups in total. The van der Waals surface area contributed by atoms with Gasteiger partial charge in [0.2, 0.25) is 5.91 Å². The number of benzene rings is 1. The monoisotopic (exact) mass is 350 g/mol. The van der Waals surface area contributed by atoms with Crippen molar-refractivity contribution >= 4 is 33.4 Å². The number of hydrogen-bond acceptors (Lipinski definition) is 2. The Morgan fingerprint density at radius 2 is 1.95 bits per heavy atom. The number of amides is 2. The van der Waals surface area contributed by atoms with Gasteiger partial charge in [0, 0.05) is 23.1 Å². The first kappa shape index (κ1) is 14.6. The molecule has 112 valence electrons. The number of aryl methyl sites for hydroxylation is 1. The van der Waals surface area contributed by atoms with Crippen LogP contribution in [0.3, 0.4) is 0 Å². The van der Waals surface area contributed by atoms with Crippen molar-refractivity contribution in [2.75, 3.05) is 11.4 Å². The van der Waals surface area contributed by atoms with Crippen LogP contribution in [0.1, 0.15) is 37.7 Å². The van der Waals surface area contributed by atoms with E-state index in [0.717, 1.165) is 41.4 Å². The number of nitrogens with zero attached hydrogens (tertiary/aromatic N) is 1. The molecule has 1 aliphatic heterocycles. The first-order chi connectivity index (χ1) is 10.0. The summed E-state index contributed by atoms with van der Waals surface area (Å²) < 4.78 is 1.03. The number of carbonyl (C=O) groups is 2. The summed E-state index contributed by atoms with van der Waals surface area (Å²) >= 11 is 3.48. The molecule has 0 unspecified atom stereocenters. The maximum absolute atomic E-state index is 13.0. The summed E-state index contributed by atoms with van der Waals surface area (Å²) in [5, 5.41) is 2.99. The average molecular weight is 351 g/mol. The number of halogens is 1. The van der Waals surface area contributed by atoms with Crippen molar-refractivity contribution in [3.05, 3.63) is 28.2 Å². The molecule has 4 nitrogen and oxygen atoms in total. The molecule has 2 amide bonds. The van der Waals surface area contributed by atoms with Crippen molar-refractivity contribution in [3.8, 4) is 0 Å². The molecule has 1 heterocycles. The minimum atomic E-state index is -0.672. The zero-order valence-corrected chi connectivity index (χ0v) is 13.7. The van der Waals surface area contributed by atoms with E-state index in [4.69, 9.17) is 0 Å². The Morgan fingerprint density at radius 3 is 2.62 bits per heavy atom.